The van der Waals surface area contributed by atoms with Crippen molar-refractivity contribution in [1.82, 2.24) is 15.1 Å². The Kier molecular flexibility index (Phi) is 6.41. The lowest BCUT2D eigenvalue weighted by Gasteiger charge is -2.05. The molecule has 0 unspecified atom stereocenters. The number of rotatable bonds is 8. The minimum Gasteiger partial charge on any atom is -0.486 e. The molecule has 1 aromatic carbocycles. The van der Waals surface area contributed by atoms with Crippen LogP contribution < -0.4 is 15.4 Å². The number of aromatic nitrogens is 2. The number of anilines is 1. The van der Waals surface area contributed by atoms with Crippen LogP contribution in [0.2, 0.25) is 0 Å². The lowest BCUT2D eigenvalue weighted by atomic mass is 10.3. The van der Waals surface area contributed by atoms with Crippen molar-refractivity contribution in [2.24, 2.45) is 7.05 Å². The first kappa shape index (κ1) is 21.4. The van der Waals surface area contributed by atoms with Gasteiger partial charge in [0.05, 0.1) is 18.5 Å². The van der Waals surface area contributed by atoms with E-state index < -0.39 is 11.8 Å². The summed E-state index contributed by atoms with van der Waals surface area (Å²) in [6, 6.07) is 14.1. The van der Waals surface area contributed by atoms with E-state index in [4.69, 9.17) is 13.6 Å². The molecule has 9 nitrogen and oxygen atoms in total. The summed E-state index contributed by atoms with van der Waals surface area (Å²) in [5.41, 5.74) is 0.344. The Labute approximate surface area is 191 Å². The average Bonchev–Trinajstić information content (AvgIpc) is 3.53. The number of nitrogens with one attached hydrogen (secondary N) is 2. The van der Waals surface area contributed by atoms with Crippen LogP contribution in [0.25, 0.3) is 0 Å². The number of halogens is 1. The second-order valence-corrected chi connectivity index (χ2v) is 7.71. The van der Waals surface area contributed by atoms with E-state index in [0.29, 0.717) is 17.3 Å². The number of hydrogen-bond donors (Lipinski definition) is 2. The topological polar surface area (TPSA) is 112 Å². The zero-order chi connectivity index (χ0) is 22.5. The molecule has 164 valence electrons. The molecule has 0 bridgehead atoms. The molecule has 0 radical (unpaired) electrons. The summed E-state index contributed by atoms with van der Waals surface area (Å²) in [7, 11) is 1.66. The zero-order valence-corrected chi connectivity index (χ0v) is 18.6. The van der Waals surface area contributed by atoms with Gasteiger partial charge >= 0.3 is 0 Å². The van der Waals surface area contributed by atoms with Crippen molar-refractivity contribution in [2.75, 3.05) is 5.32 Å². The molecule has 0 saturated heterocycles. The smallest absolute Gasteiger partial charge is 0.291 e. The van der Waals surface area contributed by atoms with E-state index >= 15 is 0 Å². The van der Waals surface area contributed by atoms with E-state index in [1.54, 1.807) is 37.5 Å². The lowest BCUT2D eigenvalue weighted by molar-refractivity contribution is 0.0943. The number of carbonyl (C=O) groups excluding carboxylic acids is 2. The van der Waals surface area contributed by atoms with Crippen LogP contribution in [0, 0.1) is 0 Å². The van der Waals surface area contributed by atoms with Gasteiger partial charge < -0.3 is 24.2 Å². The highest BCUT2D eigenvalue weighted by molar-refractivity contribution is 9.10. The molecular formula is C22H19BrN4O5. The van der Waals surface area contributed by atoms with Crippen molar-refractivity contribution in [2.45, 2.75) is 13.2 Å². The second-order valence-electron chi connectivity index (χ2n) is 6.79. The quantitative estimate of drug-likeness (QED) is 0.377. The van der Waals surface area contributed by atoms with Crippen molar-refractivity contribution >= 4 is 33.4 Å². The Morgan fingerprint density at radius 3 is 2.66 bits per heavy atom. The van der Waals surface area contributed by atoms with Crippen LogP contribution in [0.3, 0.4) is 0 Å². The zero-order valence-electron chi connectivity index (χ0n) is 17.0. The van der Waals surface area contributed by atoms with E-state index in [1.165, 1.54) is 10.9 Å². The number of amides is 2. The van der Waals surface area contributed by atoms with Gasteiger partial charge in [0.1, 0.15) is 23.9 Å². The predicted octanol–water partition coefficient (Wildman–Crippen LogP) is 4.13. The third-order valence-corrected chi connectivity index (χ3v) is 4.90. The Morgan fingerprint density at radius 1 is 1.09 bits per heavy atom. The van der Waals surface area contributed by atoms with Crippen molar-refractivity contribution in [1.29, 1.82) is 0 Å². The Morgan fingerprint density at radius 2 is 1.91 bits per heavy atom. The number of hydrogen-bond acceptors (Lipinski definition) is 6. The number of furan rings is 2. The summed E-state index contributed by atoms with van der Waals surface area (Å²) in [5, 5.41) is 9.51. The van der Waals surface area contributed by atoms with Crippen molar-refractivity contribution in [3.8, 4) is 5.75 Å². The van der Waals surface area contributed by atoms with E-state index in [9.17, 15) is 9.59 Å². The Bertz CT molecular complexity index is 1210. The maximum Gasteiger partial charge on any atom is 0.291 e. The molecule has 0 aliphatic carbocycles. The fourth-order valence-electron chi connectivity index (χ4n) is 2.86. The highest BCUT2D eigenvalue weighted by Crippen LogP contribution is 2.19. The van der Waals surface area contributed by atoms with Crippen LogP contribution >= 0.6 is 15.9 Å². The van der Waals surface area contributed by atoms with E-state index in [-0.39, 0.29) is 30.3 Å². The molecule has 3 aromatic heterocycles. The highest BCUT2D eigenvalue weighted by atomic mass is 79.9. The number of ether oxygens (including phenoxy) is 1. The third-order valence-electron chi connectivity index (χ3n) is 4.38. The van der Waals surface area contributed by atoms with Gasteiger partial charge in [0.25, 0.3) is 11.8 Å². The monoisotopic (exact) mass is 498 g/mol. The fourth-order valence-corrected chi connectivity index (χ4v) is 3.12. The summed E-state index contributed by atoms with van der Waals surface area (Å²) in [6.07, 6.45) is 3.07. The largest absolute Gasteiger partial charge is 0.486 e. The van der Waals surface area contributed by atoms with Gasteiger partial charge in [-0.1, -0.05) is 15.9 Å². The Balaban J connectivity index is 1.37. The molecule has 2 N–H and O–H groups in total. The van der Waals surface area contributed by atoms with Crippen molar-refractivity contribution in [3.63, 3.8) is 0 Å². The number of benzene rings is 1. The second kappa shape index (κ2) is 9.56. The van der Waals surface area contributed by atoms with Gasteiger partial charge in [-0.25, -0.2) is 0 Å². The Hall–Kier alpha value is -3.79. The third kappa shape index (κ3) is 5.27. The summed E-state index contributed by atoms with van der Waals surface area (Å²) in [5.74, 6) is 0.906. The van der Waals surface area contributed by atoms with Crippen LogP contribution in [0.15, 0.2) is 74.3 Å². The molecule has 0 aliphatic heterocycles. The molecule has 2 amide bonds. The van der Waals surface area contributed by atoms with Crippen molar-refractivity contribution in [3.05, 3.63) is 88.4 Å². The predicted molar refractivity (Wildman–Crippen MR) is 118 cm³/mol. The van der Waals surface area contributed by atoms with Crippen molar-refractivity contribution < 1.29 is 23.2 Å². The maximum absolute atomic E-state index is 12.6. The summed E-state index contributed by atoms with van der Waals surface area (Å²) in [6.45, 7) is 0.373. The molecule has 32 heavy (non-hydrogen) atoms. The SMILES string of the molecule is Cn1cc(NC(=O)c2ccc(COc3ccc(Br)cc3)o2)c(C(=O)NCc2ccco2)n1. The molecule has 0 atom stereocenters. The normalized spacial score (nSPS) is 10.7. The van der Waals surface area contributed by atoms with Gasteiger partial charge in [-0.2, -0.15) is 5.10 Å². The van der Waals surface area contributed by atoms with Gasteiger partial charge in [0.15, 0.2) is 11.5 Å². The van der Waals surface area contributed by atoms with Crippen LogP contribution in [0.4, 0.5) is 5.69 Å². The first-order valence-corrected chi connectivity index (χ1v) is 10.4. The van der Waals surface area contributed by atoms with E-state index in [1.807, 2.05) is 24.3 Å². The van der Waals surface area contributed by atoms with Crippen LogP contribution in [0.5, 0.6) is 5.75 Å². The van der Waals surface area contributed by atoms with Gasteiger partial charge in [0.2, 0.25) is 0 Å². The van der Waals surface area contributed by atoms with E-state index in [0.717, 1.165) is 4.47 Å². The molecule has 0 fully saturated rings. The molecule has 0 spiro atoms. The summed E-state index contributed by atoms with van der Waals surface area (Å²) >= 11 is 3.37. The van der Waals surface area contributed by atoms with Gasteiger partial charge in [-0.3, -0.25) is 14.3 Å². The first-order valence-electron chi connectivity index (χ1n) is 9.60. The molecule has 4 rings (SSSR count). The maximum atomic E-state index is 12.6. The van der Waals surface area contributed by atoms with Crippen LogP contribution in [-0.2, 0) is 20.2 Å². The fraction of sp³-hybridized carbons (Fsp3) is 0.136. The molecule has 3 heterocycles. The minimum atomic E-state index is -0.507. The molecule has 0 saturated carbocycles. The van der Waals surface area contributed by atoms with E-state index in [2.05, 4.69) is 31.7 Å². The standard InChI is InChI=1S/C22H19BrN4O5/c1-27-12-18(20(26-27)22(29)24-11-16-3-2-10-30-16)25-21(28)19-9-8-17(32-19)13-31-15-6-4-14(23)5-7-15/h2-10,12H,11,13H2,1H3,(H,24,29)(H,25,28). The molecule has 4 aromatic rings. The van der Waals surface area contributed by atoms with Gasteiger partial charge in [0, 0.05) is 17.7 Å². The first-order chi connectivity index (χ1) is 15.5. The lowest BCUT2D eigenvalue weighted by Crippen LogP contribution is -2.25. The molecule has 0 aliphatic rings. The van der Waals surface area contributed by atoms with Gasteiger partial charge in [-0.15, -0.1) is 0 Å². The van der Waals surface area contributed by atoms with Gasteiger partial charge in [-0.05, 0) is 48.5 Å². The molecule has 10 heteroatoms. The summed E-state index contributed by atoms with van der Waals surface area (Å²) < 4.78 is 18.8. The van der Waals surface area contributed by atoms with Crippen LogP contribution in [-0.4, -0.2) is 21.6 Å². The summed E-state index contributed by atoms with van der Waals surface area (Å²) in [4.78, 5) is 25.1. The number of aryl methyl sites for hydroxylation is 1. The number of nitrogens with zero attached hydrogens (tertiary/aromatic N) is 2. The number of carbonyl (C=O) groups is 2. The highest BCUT2D eigenvalue weighted by Gasteiger charge is 2.20. The average molecular weight is 499 g/mol. The molecular weight excluding hydrogens is 480 g/mol. The van der Waals surface area contributed by atoms with Crippen LogP contribution in [0.1, 0.15) is 32.6 Å². The minimum absolute atomic E-state index is 0.0813.